The number of amides is 2. The molecule has 2 N–H and O–H groups in total. The van der Waals surface area contributed by atoms with Crippen LogP contribution >= 0.6 is 11.8 Å². The Labute approximate surface area is 317 Å². The molecule has 282 valence electrons. The average molecular weight is 754 g/mol. The Balaban J connectivity index is 1.33. The molecule has 0 atom stereocenters. The van der Waals surface area contributed by atoms with Gasteiger partial charge < -0.3 is 19.9 Å². The molecule has 14 heteroatoms. The second-order valence-corrected chi connectivity index (χ2v) is 13.8. The van der Waals surface area contributed by atoms with Crippen molar-refractivity contribution in [3.8, 4) is 17.2 Å². The predicted octanol–water partition coefficient (Wildman–Crippen LogP) is 9.36. The number of phenols is 1. The van der Waals surface area contributed by atoms with E-state index in [2.05, 4.69) is 17.2 Å². The van der Waals surface area contributed by atoms with Crippen molar-refractivity contribution in [3.05, 3.63) is 112 Å². The monoisotopic (exact) mass is 753 g/mol. The van der Waals surface area contributed by atoms with E-state index in [0.29, 0.717) is 22.2 Å². The number of hydrogen-bond acceptors (Lipinski definition) is 10. The van der Waals surface area contributed by atoms with Crippen LogP contribution in [0.5, 0.6) is 17.2 Å². The van der Waals surface area contributed by atoms with Gasteiger partial charge in [0.15, 0.2) is 11.4 Å². The van der Waals surface area contributed by atoms with Gasteiger partial charge >= 0.3 is 12.0 Å². The quantitative estimate of drug-likeness (QED) is 0.0404. The highest BCUT2D eigenvalue weighted by atomic mass is 32.2. The summed E-state index contributed by atoms with van der Waals surface area (Å²) >= 11 is 1.72. The minimum Gasteiger partial charge on any atom is -0.506 e. The van der Waals surface area contributed by atoms with Crippen LogP contribution in [0.25, 0.3) is 10.8 Å². The zero-order valence-corrected chi connectivity index (χ0v) is 31.3. The molecule has 1 aromatic heterocycles. The summed E-state index contributed by atoms with van der Waals surface area (Å²) in [6.45, 7) is 4.24. The smallest absolute Gasteiger partial charge is 0.358 e. The number of esters is 1. The second-order valence-electron chi connectivity index (χ2n) is 12.6. The topological polar surface area (TPSA) is 166 Å². The van der Waals surface area contributed by atoms with Crippen LogP contribution in [0.3, 0.4) is 0 Å². The maximum atomic E-state index is 13.7. The molecule has 0 aliphatic rings. The van der Waals surface area contributed by atoms with Crippen LogP contribution in [0, 0.1) is 17.0 Å². The van der Waals surface area contributed by atoms with Crippen molar-refractivity contribution in [2.24, 2.45) is 0 Å². The van der Waals surface area contributed by atoms with Crippen molar-refractivity contribution in [1.82, 2.24) is 9.55 Å². The van der Waals surface area contributed by atoms with E-state index in [1.54, 1.807) is 48.2 Å². The number of carbonyl (C=O) groups is 3. The predicted molar refractivity (Wildman–Crippen MR) is 210 cm³/mol. The highest BCUT2D eigenvalue weighted by molar-refractivity contribution is 7.99. The van der Waals surface area contributed by atoms with E-state index in [4.69, 9.17) is 9.47 Å². The highest BCUT2D eigenvalue weighted by Crippen LogP contribution is 2.42. The number of imidazole rings is 1. The largest absolute Gasteiger partial charge is 0.506 e. The minimum absolute atomic E-state index is 0.0116. The number of thioether (sulfide) groups is 1. The number of carbonyl (C=O) groups excluding carboxylic acids is 3. The summed E-state index contributed by atoms with van der Waals surface area (Å²) in [5.74, 6) is 0.300. The van der Waals surface area contributed by atoms with E-state index in [1.807, 2.05) is 19.1 Å². The van der Waals surface area contributed by atoms with Gasteiger partial charge in [0.2, 0.25) is 0 Å². The van der Waals surface area contributed by atoms with Crippen LogP contribution in [0.4, 0.5) is 21.9 Å². The number of fused-ring (bicyclic) bond motifs is 1. The fourth-order valence-corrected chi connectivity index (χ4v) is 6.55. The molecule has 0 bridgehead atoms. The number of nitro groups is 1. The van der Waals surface area contributed by atoms with Gasteiger partial charge in [0.05, 0.1) is 16.2 Å². The fourth-order valence-electron chi connectivity index (χ4n) is 5.74. The number of nitrogens with zero attached hydrogens (tertiary/aromatic N) is 4. The molecule has 2 amide bonds. The van der Waals surface area contributed by atoms with Gasteiger partial charge in [-0.05, 0) is 42.9 Å². The number of aryl methyl sites for hydroxylation is 1. The highest BCUT2D eigenvalue weighted by Gasteiger charge is 2.25. The third kappa shape index (κ3) is 9.75. The number of aromatic hydroxyl groups is 1. The Bertz CT molecular complexity index is 2130. The Kier molecular flexibility index (Phi) is 13.6. The molecular formula is C40H43N5O8S. The number of para-hydroxylation sites is 1. The SMILES string of the molecule is CCCCCCCCSCCOC(=O)c1cn(C(=O)N(C)c2cc([N+](=O)[O-])ccc2Oc2cc(C(=O)Nc3ccccc3C)c(O)c3ccccc23)cn1. The van der Waals surface area contributed by atoms with Crippen LogP contribution in [-0.2, 0) is 4.74 Å². The van der Waals surface area contributed by atoms with Crippen LogP contribution < -0.4 is 15.0 Å². The molecule has 1 heterocycles. The van der Waals surface area contributed by atoms with Gasteiger partial charge in [-0.3, -0.25) is 24.4 Å². The maximum Gasteiger partial charge on any atom is 0.358 e. The molecule has 5 rings (SSSR count). The summed E-state index contributed by atoms with van der Waals surface area (Å²) in [5.41, 5.74) is 0.937. The number of anilines is 2. The van der Waals surface area contributed by atoms with Crippen molar-refractivity contribution in [1.29, 1.82) is 0 Å². The molecule has 0 unspecified atom stereocenters. The Hall–Kier alpha value is -5.89. The number of nitro benzene ring substituents is 1. The summed E-state index contributed by atoms with van der Waals surface area (Å²) in [6.07, 6.45) is 9.69. The molecule has 4 aromatic carbocycles. The number of aromatic nitrogens is 2. The zero-order valence-electron chi connectivity index (χ0n) is 30.4. The first-order valence-electron chi connectivity index (χ1n) is 17.7. The number of ether oxygens (including phenoxy) is 2. The molecule has 0 fully saturated rings. The molecule has 54 heavy (non-hydrogen) atoms. The van der Waals surface area contributed by atoms with Gasteiger partial charge in [-0.15, -0.1) is 0 Å². The van der Waals surface area contributed by atoms with Crippen molar-refractivity contribution in [3.63, 3.8) is 0 Å². The van der Waals surface area contributed by atoms with Gasteiger partial charge in [0.25, 0.3) is 11.6 Å². The van der Waals surface area contributed by atoms with Gasteiger partial charge in [0.1, 0.15) is 24.4 Å². The molecule has 5 aromatic rings. The van der Waals surface area contributed by atoms with E-state index < -0.39 is 22.8 Å². The van der Waals surface area contributed by atoms with Gasteiger partial charge in [-0.1, -0.05) is 81.5 Å². The van der Waals surface area contributed by atoms with Crippen LogP contribution in [0.1, 0.15) is 71.9 Å². The summed E-state index contributed by atoms with van der Waals surface area (Å²) in [4.78, 5) is 56.2. The van der Waals surface area contributed by atoms with E-state index in [-0.39, 0.29) is 46.5 Å². The number of hydrogen-bond donors (Lipinski definition) is 2. The summed E-state index contributed by atoms with van der Waals surface area (Å²) in [5, 5.41) is 26.6. The summed E-state index contributed by atoms with van der Waals surface area (Å²) < 4.78 is 12.7. The Morgan fingerprint density at radius 1 is 0.944 bits per heavy atom. The molecule has 0 saturated carbocycles. The number of nitrogens with one attached hydrogen (secondary N) is 1. The molecule has 0 spiro atoms. The van der Waals surface area contributed by atoms with E-state index in [1.165, 1.54) is 69.6 Å². The molecule has 0 saturated heterocycles. The van der Waals surface area contributed by atoms with Gasteiger partial charge in [-0.2, -0.15) is 11.8 Å². The first-order chi connectivity index (χ1) is 26.1. The van der Waals surface area contributed by atoms with Crippen LogP contribution in [-0.4, -0.2) is 62.6 Å². The number of rotatable bonds is 17. The van der Waals surface area contributed by atoms with Gasteiger partial charge in [0, 0.05) is 47.6 Å². The fraction of sp³-hybridized carbons (Fsp3) is 0.300. The van der Waals surface area contributed by atoms with Crippen molar-refractivity contribution in [2.45, 2.75) is 52.4 Å². The lowest BCUT2D eigenvalue weighted by atomic mass is 10.0. The lowest BCUT2D eigenvalue weighted by molar-refractivity contribution is -0.384. The second kappa shape index (κ2) is 18.7. The number of benzene rings is 4. The molecule has 13 nitrogen and oxygen atoms in total. The van der Waals surface area contributed by atoms with Crippen molar-refractivity contribution in [2.75, 3.05) is 35.4 Å². The van der Waals surface area contributed by atoms with Crippen LogP contribution in [0.2, 0.25) is 0 Å². The summed E-state index contributed by atoms with van der Waals surface area (Å²) in [6, 6.07) is 18.4. The first kappa shape index (κ1) is 39.3. The minimum atomic E-state index is -0.699. The normalized spacial score (nSPS) is 10.9. The Morgan fingerprint density at radius 3 is 2.43 bits per heavy atom. The number of non-ortho nitro benzene ring substituents is 1. The van der Waals surface area contributed by atoms with E-state index >= 15 is 0 Å². The van der Waals surface area contributed by atoms with E-state index in [0.717, 1.165) is 33.5 Å². The summed E-state index contributed by atoms with van der Waals surface area (Å²) in [7, 11) is 1.39. The van der Waals surface area contributed by atoms with Crippen molar-refractivity contribution < 1.29 is 33.9 Å². The third-order valence-corrected chi connectivity index (χ3v) is 9.79. The molecule has 0 aliphatic carbocycles. The van der Waals surface area contributed by atoms with Crippen molar-refractivity contribution >= 4 is 57.5 Å². The number of phenolic OH excluding ortho intramolecular Hbond substituents is 1. The van der Waals surface area contributed by atoms with E-state index in [9.17, 15) is 29.6 Å². The molecule has 0 aliphatic heterocycles. The Morgan fingerprint density at radius 2 is 1.67 bits per heavy atom. The van der Waals surface area contributed by atoms with Crippen LogP contribution in [0.15, 0.2) is 85.3 Å². The number of unbranched alkanes of at least 4 members (excludes halogenated alkanes) is 5. The van der Waals surface area contributed by atoms with Gasteiger partial charge in [-0.25, -0.2) is 14.6 Å². The average Bonchev–Trinajstić information content (AvgIpc) is 3.68. The lowest BCUT2D eigenvalue weighted by Crippen LogP contribution is -2.30. The lowest BCUT2D eigenvalue weighted by Gasteiger charge is -2.21. The molecular weight excluding hydrogens is 711 g/mol. The molecule has 0 radical (unpaired) electrons. The zero-order chi connectivity index (χ0) is 38.6. The third-order valence-electron chi connectivity index (χ3n) is 8.75. The maximum absolute atomic E-state index is 13.7. The standard InChI is InChI=1S/C40H43N5O8S/c1-4-5-6-7-8-13-21-54-22-20-52-39(48)33-25-44(26-41-33)40(49)43(3)34-23-28(45(50)51)18-19-35(34)53-36-24-31(37(46)30-16-11-10-15-29(30)36)38(47)42-32-17-12-9-14-27(32)2/h9-12,14-19,23-26,46H,4-8,13,20-22H2,1-3H3,(H,42,47). The first-order valence-corrected chi connectivity index (χ1v) is 18.9.